The molecule has 5 nitrogen and oxygen atoms in total. The number of aromatic nitrogens is 3. The molecule has 6 heteroatoms. The summed E-state index contributed by atoms with van der Waals surface area (Å²) in [5.74, 6) is 2.22. The molecule has 1 aliphatic rings. The normalized spacial score (nSPS) is 14.7. The SMILES string of the molecule is Cc1nnc(SCC(=O)NCCCC2CCCC2)n1Cc1ccccc1. The van der Waals surface area contributed by atoms with Gasteiger partial charge in [-0.15, -0.1) is 10.2 Å². The summed E-state index contributed by atoms with van der Waals surface area (Å²) >= 11 is 1.46. The first-order valence-corrected chi connectivity index (χ1v) is 10.5. The second kappa shape index (κ2) is 9.76. The van der Waals surface area contributed by atoms with Gasteiger partial charge in [0.1, 0.15) is 5.82 Å². The predicted octanol–water partition coefficient (Wildman–Crippen LogP) is 3.81. The molecule has 1 aliphatic carbocycles. The monoisotopic (exact) mass is 372 g/mol. The zero-order chi connectivity index (χ0) is 18.2. The summed E-state index contributed by atoms with van der Waals surface area (Å²) in [6, 6.07) is 10.2. The van der Waals surface area contributed by atoms with Crippen molar-refractivity contribution >= 4 is 17.7 Å². The molecule has 0 saturated heterocycles. The molecule has 1 saturated carbocycles. The van der Waals surface area contributed by atoms with E-state index >= 15 is 0 Å². The van der Waals surface area contributed by atoms with E-state index in [9.17, 15) is 4.79 Å². The van der Waals surface area contributed by atoms with Gasteiger partial charge in [-0.25, -0.2) is 0 Å². The lowest BCUT2D eigenvalue weighted by atomic mass is 10.0. The number of aryl methyl sites for hydroxylation is 1. The van der Waals surface area contributed by atoms with E-state index in [1.807, 2.05) is 25.1 Å². The highest BCUT2D eigenvalue weighted by Crippen LogP contribution is 2.28. The Labute approximate surface area is 160 Å². The molecule has 26 heavy (non-hydrogen) atoms. The van der Waals surface area contributed by atoms with Gasteiger partial charge in [0, 0.05) is 6.54 Å². The molecule has 0 bridgehead atoms. The number of carbonyl (C=O) groups excluding carboxylic acids is 1. The van der Waals surface area contributed by atoms with Crippen molar-refractivity contribution in [2.24, 2.45) is 5.92 Å². The lowest BCUT2D eigenvalue weighted by Gasteiger charge is -2.10. The van der Waals surface area contributed by atoms with E-state index in [1.165, 1.54) is 49.4 Å². The quantitative estimate of drug-likeness (QED) is 0.537. The average Bonchev–Trinajstić information content (AvgIpc) is 3.29. The summed E-state index contributed by atoms with van der Waals surface area (Å²) in [4.78, 5) is 12.1. The summed E-state index contributed by atoms with van der Waals surface area (Å²) in [7, 11) is 0. The van der Waals surface area contributed by atoms with Crippen LogP contribution in [0.2, 0.25) is 0 Å². The third-order valence-corrected chi connectivity index (χ3v) is 5.97. The summed E-state index contributed by atoms with van der Waals surface area (Å²) < 4.78 is 2.06. The highest BCUT2D eigenvalue weighted by Gasteiger charge is 2.15. The van der Waals surface area contributed by atoms with Crippen molar-refractivity contribution in [1.29, 1.82) is 0 Å². The molecule has 0 aliphatic heterocycles. The van der Waals surface area contributed by atoms with Crippen molar-refractivity contribution in [3.63, 3.8) is 0 Å². The summed E-state index contributed by atoms with van der Waals surface area (Å²) in [5.41, 5.74) is 1.20. The van der Waals surface area contributed by atoms with Crippen LogP contribution < -0.4 is 5.32 Å². The summed E-state index contributed by atoms with van der Waals surface area (Å²) in [6.45, 7) is 3.46. The Hall–Kier alpha value is -1.82. The fraction of sp³-hybridized carbons (Fsp3) is 0.550. The Morgan fingerprint density at radius 3 is 2.77 bits per heavy atom. The van der Waals surface area contributed by atoms with E-state index in [-0.39, 0.29) is 5.91 Å². The fourth-order valence-electron chi connectivity index (χ4n) is 3.52. The molecular weight excluding hydrogens is 344 g/mol. The lowest BCUT2D eigenvalue weighted by Crippen LogP contribution is -2.26. The van der Waals surface area contributed by atoms with Crippen molar-refractivity contribution in [2.45, 2.75) is 57.1 Å². The van der Waals surface area contributed by atoms with Crippen molar-refractivity contribution in [1.82, 2.24) is 20.1 Å². The lowest BCUT2D eigenvalue weighted by molar-refractivity contribution is -0.118. The minimum Gasteiger partial charge on any atom is -0.355 e. The van der Waals surface area contributed by atoms with Crippen molar-refractivity contribution in [2.75, 3.05) is 12.3 Å². The first kappa shape index (κ1) is 19.0. The third-order valence-electron chi connectivity index (χ3n) is 5.00. The number of amides is 1. The van der Waals surface area contributed by atoms with E-state index < -0.39 is 0 Å². The molecule has 1 fully saturated rings. The van der Waals surface area contributed by atoms with E-state index in [0.717, 1.165) is 36.4 Å². The van der Waals surface area contributed by atoms with Gasteiger partial charge in [0.05, 0.1) is 12.3 Å². The molecule has 1 N–H and O–H groups in total. The van der Waals surface area contributed by atoms with E-state index in [1.54, 1.807) is 0 Å². The van der Waals surface area contributed by atoms with Crippen LogP contribution in [0, 0.1) is 12.8 Å². The fourth-order valence-corrected chi connectivity index (χ4v) is 4.33. The van der Waals surface area contributed by atoms with Crippen LogP contribution in [0.15, 0.2) is 35.5 Å². The van der Waals surface area contributed by atoms with Gasteiger partial charge in [-0.2, -0.15) is 0 Å². The molecule has 1 aromatic heterocycles. The number of benzene rings is 1. The number of nitrogens with one attached hydrogen (secondary N) is 1. The first-order valence-electron chi connectivity index (χ1n) is 9.55. The molecule has 0 atom stereocenters. The van der Waals surface area contributed by atoms with Crippen molar-refractivity contribution in [3.8, 4) is 0 Å². The molecule has 2 aromatic rings. The number of nitrogens with zero attached hydrogens (tertiary/aromatic N) is 3. The van der Waals surface area contributed by atoms with Crippen molar-refractivity contribution in [3.05, 3.63) is 41.7 Å². The van der Waals surface area contributed by atoms with Gasteiger partial charge in [0.15, 0.2) is 5.16 Å². The summed E-state index contributed by atoms with van der Waals surface area (Å²) in [6.07, 6.45) is 7.86. The second-order valence-electron chi connectivity index (χ2n) is 7.03. The standard InChI is InChI=1S/C20H28N4OS/c1-16-22-23-20(24(16)14-18-10-3-2-4-11-18)26-15-19(25)21-13-7-12-17-8-5-6-9-17/h2-4,10-11,17H,5-9,12-15H2,1H3,(H,21,25). The minimum atomic E-state index is 0.0772. The Kier molecular flexibility index (Phi) is 7.12. The maximum Gasteiger partial charge on any atom is 0.230 e. The van der Waals surface area contributed by atoms with Gasteiger partial charge in [-0.3, -0.25) is 4.79 Å². The van der Waals surface area contributed by atoms with E-state index in [2.05, 4.69) is 32.2 Å². The van der Waals surface area contributed by atoms with Crippen LogP contribution in [0.25, 0.3) is 0 Å². The van der Waals surface area contributed by atoms with Gasteiger partial charge < -0.3 is 9.88 Å². The maximum atomic E-state index is 12.1. The molecule has 0 spiro atoms. The van der Waals surface area contributed by atoms with Gasteiger partial charge in [-0.1, -0.05) is 67.8 Å². The Morgan fingerprint density at radius 1 is 1.23 bits per heavy atom. The van der Waals surface area contributed by atoms with Crippen LogP contribution in [0.4, 0.5) is 0 Å². The van der Waals surface area contributed by atoms with Crippen LogP contribution in [0.5, 0.6) is 0 Å². The number of thioether (sulfide) groups is 1. The maximum absolute atomic E-state index is 12.1. The van der Waals surface area contributed by atoms with Crippen LogP contribution >= 0.6 is 11.8 Å². The minimum absolute atomic E-state index is 0.0772. The molecule has 1 aromatic carbocycles. The number of carbonyl (C=O) groups is 1. The molecular formula is C20H28N4OS. The smallest absolute Gasteiger partial charge is 0.230 e. The van der Waals surface area contributed by atoms with E-state index in [4.69, 9.17) is 0 Å². The zero-order valence-electron chi connectivity index (χ0n) is 15.5. The van der Waals surface area contributed by atoms with Crippen LogP contribution in [-0.2, 0) is 11.3 Å². The first-order chi connectivity index (χ1) is 12.7. The Bertz CT molecular complexity index is 695. The van der Waals surface area contributed by atoms with Crippen LogP contribution in [0.1, 0.15) is 49.9 Å². The Balaban J connectivity index is 1.42. The predicted molar refractivity (Wildman–Crippen MR) is 105 cm³/mol. The average molecular weight is 373 g/mol. The number of rotatable bonds is 9. The molecule has 1 amide bonds. The van der Waals surface area contributed by atoms with Gasteiger partial charge in [0.25, 0.3) is 0 Å². The highest BCUT2D eigenvalue weighted by molar-refractivity contribution is 7.99. The molecule has 1 heterocycles. The van der Waals surface area contributed by atoms with Crippen LogP contribution in [-0.4, -0.2) is 33.0 Å². The largest absolute Gasteiger partial charge is 0.355 e. The number of hydrogen-bond acceptors (Lipinski definition) is 4. The van der Waals surface area contributed by atoms with Gasteiger partial charge >= 0.3 is 0 Å². The topological polar surface area (TPSA) is 59.8 Å². The number of hydrogen-bond donors (Lipinski definition) is 1. The summed E-state index contributed by atoms with van der Waals surface area (Å²) in [5, 5.41) is 12.2. The highest BCUT2D eigenvalue weighted by atomic mass is 32.2. The van der Waals surface area contributed by atoms with Crippen molar-refractivity contribution < 1.29 is 4.79 Å². The van der Waals surface area contributed by atoms with E-state index in [0.29, 0.717) is 5.75 Å². The van der Waals surface area contributed by atoms with Gasteiger partial charge in [-0.05, 0) is 31.2 Å². The molecule has 3 rings (SSSR count). The second-order valence-corrected chi connectivity index (χ2v) is 7.98. The third kappa shape index (κ3) is 5.59. The Morgan fingerprint density at radius 2 is 2.00 bits per heavy atom. The zero-order valence-corrected chi connectivity index (χ0v) is 16.3. The van der Waals surface area contributed by atoms with Crippen LogP contribution in [0.3, 0.4) is 0 Å². The molecule has 140 valence electrons. The molecule has 0 radical (unpaired) electrons. The molecule has 0 unspecified atom stereocenters. The van der Waals surface area contributed by atoms with Gasteiger partial charge in [0.2, 0.25) is 5.91 Å².